The van der Waals surface area contributed by atoms with E-state index in [2.05, 4.69) is 4.98 Å². The van der Waals surface area contributed by atoms with Crippen molar-refractivity contribution in [3.8, 4) is 0 Å². The Bertz CT molecular complexity index is 1280. The van der Waals surface area contributed by atoms with Crippen LogP contribution in [0.4, 0.5) is 0 Å². The van der Waals surface area contributed by atoms with Crippen LogP contribution in [0.1, 0.15) is 85.0 Å². The van der Waals surface area contributed by atoms with Gasteiger partial charge in [0.2, 0.25) is 0 Å². The topological polar surface area (TPSA) is 154 Å². The van der Waals surface area contributed by atoms with Crippen LogP contribution in [0.3, 0.4) is 0 Å². The molecule has 2 heterocycles. The Balaban J connectivity index is 2.03. The number of pyridine rings is 1. The third kappa shape index (κ3) is 5.68. The second-order valence-corrected chi connectivity index (χ2v) is 12.8. The fourth-order valence-electron chi connectivity index (χ4n) is 7.52. The van der Waals surface area contributed by atoms with Crippen LogP contribution >= 0.6 is 0 Å². The number of hydrogen-bond acceptors (Lipinski definition) is 12. The first-order chi connectivity index (χ1) is 20.6. The third-order valence-corrected chi connectivity index (χ3v) is 9.58. The molecule has 2 aliphatic carbocycles. The van der Waals surface area contributed by atoms with Gasteiger partial charge in [-0.2, -0.15) is 0 Å². The summed E-state index contributed by atoms with van der Waals surface area (Å²) in [4.78, 5) is 68.7. The highest BCUT2D eigenvalue weighted by Gasteiger charge is 2.82. The van der Waals surface area contributed by atoms with Crippen molar-refractivity contribution in [1.82, 2.24) is 4.98 Å². The number of fused-ring (bicyclic) bond motifs is 1. The Hall–Kier alpha value is -3.54. The number of carbonyl (C=O) groups excluding carboxylic acids is 5. The Kier molecular flexibility index (Phi) is 9.44. The monoisotopic (exact) mass is 617 g/mol. The zero-order chi connectivity index (χ0) is 32.6. The average molecular weight is 618 g/mol. The maximum absolute atomic E-state index is 13.7. The van der Waals surface area contributed by atoms with E-state index in [4.69, 9.17) is 28.4 Å². The maximum Gasteiger partial charge on any atom is 0.340 e. The molecule has 44 heavy (non-hydrogen) atoms. The van der Waals surface area contributed by atoms with E-state index in [9.17, 15) is 24.0 Å². The van der Waals surface area contributed by atoms with Crippen LogP contribution in [0.25, 0.3) is 0 Å². The Morgan fingerprint density at radius 3 is 2.23 bits per heavy atom. The van der Waals surface area contributed by atoms with Gasteiger partial charge in [-0.1, -0.05) is 20.8 Å². The van der Waals surface area contributed by atoms with E-state index in [1.807, 2.05) is 27.7 Å². The highest BCUT2D eigenvalue weighted by atomic mass is 16.6. The largest absolute Gasteiger partial charge is 0.465 e. The first kappa shape index (κ1) is 33.4. The van der Waals surface area contributed by atoms with E-state index in [0.29, 0.717) is 6.42 Å². The zero-order valence-corrected chi connectivity index (χ0v) is 26.6. The first-order valence-electron chi connectivity index (χ1n) is 15.1. The quantitative estimate of drug-likeness (QED) is 0.294. The summed E-state index contributed by atoms with van der Waals surface area (Å²) in [6.07, 6.45) is -0.765. The Morgan fingerprint density at radius 2 is 1.66 bits per heavy atom. The zero-order valence-electron chi connectivity index (χ0n) is 26.6. The van der Waals surface area contributed by atoms with Gasteiger partial charge >= 0.3 is 29.8 Å². The minimum absolute atomic E-state index is 0.0941. The summed E-state index contributed by atoms with van der Waals surface area (Å²) < 4.78 is 37.1. The summed E-state index contributed by atoms with van der Waals surface area (Å²) >= 11 is 0. The van der Waals surface area contributed by atoms with E-state index in [1.54, 1.807) is 19.1 Å². The molecule has 1 aromatic heterocycles. The van der Waals surface area contributed by atoms with Crippen molar-refractivity contribution in [2.24, 2.45) is 23.2 Å². The Morgan fingerprint density at radius 1 is 0.977 bits per heavy atom. The summed E-state index contributed by atoms with van der Waals surface area (Å²) in [5, 5.41) is 0. The smallest absolute Gasteiger partial charge is 0.340 e. The standard InChI is InChI=1S/C32H43NO11/c1-9-17(2)28(37)43-27-24(40-20(5)35)13-18(3)32-26(41-21(6)36)23(30(7,8)44-32)14-25(31(27,32)16-39-19(4)34)42-29(38)22-11-10-12-33-15-22/h10-12,15,17-18,23-27H,9,13-14,16H2,1-8H3/t17-,18+,23+,24-,25?,26+,27-,31+,32+/m0/s1. The fraction of sp³-hybridized carbons (Fsp3) is 0.688. The van der Waals surface area contributed by atoms with Crippen LogP contribution in [0, 0.1) is 23.2 Å². The van der Waals surface area contributed by atoms with E-state index >= 15 is 0 Å². The van der Waals surface area contributed by atoms with Crippen molar-refractivity contribution in [2.75, 3.05) is 6.61 Å². The molecule has 1 spiro atoms. The number of nitrogens with zero attached hydrogens (tertiary/aromatic N) is 1. The van der Waals surface area contributed by atoms with E-state index in [1.165, 1.54) is 33.2 Å². The molecular formula is C32H43NO11. The van der Waals surface area contributed by atoms with Crippen LogP contribution in [0.5, 0.6) is 0 Å². The molecule has 1 saturated heterocycles. The van der Waals surface area contributed by atoms with E-state index in [0.717, 1.165) is 0 Å². The highest BCUT2D eigenvalue weighted by Crippen LogP contribution is 2.68. The van der Waals surface area contributed by atoms with Crippen molar-refractivity contribution in [3.05, 3.63) is 30.1 Å². The molecule has 1 aromatic rings. The van der Waals surface area contributed by atoms with Gasteiger partial charge in [0.05, 0.1) is 17.1 Å². The number of hydrogen-bond donors (Lipinski definition) is 0. The van der Waals surface area contributed by atoms with E-state index < -0.39 is 95.2 Å². The second-order valence-electron chi connectivity index (χ2n) is 12.8. The number of rotatable bonds is 9. The molecule has 0 amide bonds. The number of ether oxygens (including phenoxy) is 6. The molecule has 242 valence electrons. The lowest BCUT2D eigenvalue weighted by Gasteiger charge is -2.63. The normalized spacial score (nSPS) is 34.1. The van der Waals surface area contributed by atoms with Crippen LogP contribution in [-0.2, 0) is 47.6 Å². The van der Waals surface area contributed by atoms with Gasteiger partial charge in [0, 0.05) is 39.1 Å². The van der Waals surface area contributed by atoms with Crippen molar-refractivity contribution >= 4 is 29.8 Å². The van der Waals surface area contributed by atoms with Crippen molar-refractivity contribution in [2.45, 2.75) is 110 Å². The predicted octanol–water partition coefficient (Wildman–Crippen LogP) is 3.59. The summed E-state index contributed by atoms with van der Waals surface area (Å²) in [5.74, 6) is -4.66. The fourth-order valence-corrected chi connectivity index (χ4v) is 7.52. The minimum atomic E-state index is -1.68. The summed E-state index contributed by atoms with van der Waals surface area (Å²) in [5.41, 5.74) is -3.93. The first-order valence-corrected chi connectivity index (χ1v) is 15.1. The molecule has 0 N–H and O–H groups in total. The highest BCUT2D eigenvalue weighted by molar-refractivity contribution is 5.89. The third-order valence-electron chi connectivity index (χ3n) is 9.58. The van der Waals surface area contributed by atoms with Crippen molar-refractivity contribution in [3.63, 3.8) is 0 Å². The average Bonchev–Trinajstić information content (AvgIpc) is 3.11. The predicted molar refractivity (Wildman–Crippen MR) is 153 cm³/mol. The molecular weight excluding hydrogens is 574 g/mol. The van der Waals surface area contributed by atoms with Gasteiger partial charge in [-0.3, -0.25) is 24.2 Å². The number of esters is 5. The van der Waals surface area contributed by atoms with Crippen molar-refractivity contribution < 1.29 is 52.4 Å². The lowest BCUT2D eigenvalue weighted by Crippen LogP contribution is -2.78. The van der Waals surface area contributed by atoms with Gasteiger partial charge in [-0.15, -0.1) is 0 Å². The summed E-state index contributed by atoms with van der Waals surface area (Å²) in [6.45, 7) is 12.4. The maximum atomic E-state index is 13.7. The molecule has 2 bridgehead atoms. The lowest BCUT2D eigenvalue weighted by molar-refractivity contribution is -0.319. The van der Waals surface area contributed by atoms with Gasteiger partial charge in [-0.05, 0) is 51.2 Å². The van der Waals surface area contributed by atoms with Crippen LogP contribution < -0.4 is 0 Å². The van der Waals surface area contributed by atoms with Gasteiger partial charge < -0.3 is 28.4 Å². The van der Waals surface area contributed by atoms with E-state index in [-0.39, 0.29) is 18.4 Å². The number of carbonyl (C=O) groups is 5. The molecule has 0 aromatic carbocycles. The number of aromatic nitrogens is 1. The minimum Gasteiger partial charge on any atom is -0.465 e. The second kappa shape index (κ2) is 12.5. The molecule has 0 radical (unpaired) electrons. The molecule has 4 rings (SSSR count). The van der Waals surface area contributed by atoms with Gasteiger partial charge in [-0.25, -0.2) is 4.79 Å². The molecule has 1 unspecified atom stereocenters. The summed E-state index contributed by atoms with van der Waals surface area (Å²) in [7, 11) is 0. The van der Waals surface area contributed by atoms with Gasteiger partial charge in [0.15, 0.2) is 6.10 Å². The Labute approximate surface area is 257 Å². The molecule has 1 aliphatic heterocycles. The van der Waals surface area contributed by atoms with Gasteiger partial charge in [0.1, 0.15) is 35.9 Å². The van der Waals surface area contributed by atoms with Gasteiger partial charge in [0.25, 0.3) is 0 Å². The molecule has 12 nitrogen and oxygen atoms in total. The van der Waals surface area contributed by atoms with Crippen LogP contribution in [-0.4, -0.2) is 77.1 Å². The molecule has 12 heteroatoms. The molecule has 3 aliphatic rings. The SMILES string of the molecule is CC[C@H](C)C(=O)O[C@H]1[C@@H](OC(C)=O)C[C@@H](C)[C@]23OC(C)(C)[C@H](CC(OC(=O)c4cccnc4)[C@]12COC(C)=O)[C@H]3OC(C)=O. The molecule has 2 saturated carbocycles. The van der Waals surface area contributed by atoms with Crippen LogP contribution in [0.15, 0.2) is 24.5 Å². The molecule has 9 atom stereocenters. The van der Waals surface area contributed by atoms with Crippen LogP contribution in [0.2, 0.25) is 0 Å². The van der Waals surface area contributed by atoms with Crippen molar-refractivity contribution in [1.29, 1.82) is 0 Å². The molecule has 3 fully saturated rings. The summed E-state index contributed by atoms with van der Waals surface area (Å²) in [6, 6.07) is 3.14. The lowest BCUT2D eigenvalue weighted by atomic mass is 9.47.